The van der Waals surface area contributed by atoms with Crippen molar-refractivity contribution in [1.82, 2.24) is 9.55 Å². The predicted octanol–water partition coefficient (Wildman–Crippen LogP) is -1.91. The topological polar surface area (TPSA) is 154 Å². The number of hydrogen-bond donors (Lipinski definition) is 3. The van der Waals surface area contributed by atoms with E-state index in [4.69, 9.17) is 15.2 Å². The number of ether oxygens (including phenoxy) is 2. The molecule has 1 aliphatic rings. The molecule has 25 heavy (non-hydrogen) atoms. The van der Waals surface area contributed by atoms with E-state index >= 15 is 4.39 Å². The average Bonchev–Trinajstić information content (AvgIpc) is 2.52. The Morgan fingerprint density at radius 2 is 2.04 bits per heavy atom. The highest BCUT2D eigenvalue weighted by Gasteiger charge is 2.76. The van der Waals surface area contributed by atoms with Crippen molar-refractivity contribution in [2.24, 2.45) is 0 Å². The maximum absolute atomic E-state index is 16.2. The Kier molecular flexibility index (Phi) is 4.55. The fourth-order valence-corrected chi connectivity index (χ4v) is 2.94. The molecular weight excluding hydrogens is 341 g/mol. The number of alkyl halides is 1. The minimum absolute atomic E-state index is 0.200. The Hall–Kier alpha value is -2.21. The van der Waals surface area contributed by atoms with Crippen molar-refractivity contribution in [1.29, 1.82) is 0 Å². The van der Waals surface area contributed by atoms with E-state index in [1.807, 2.05) is 0 Å². The summed E-state index contributed by atoms with van der Waals surface area (Å²) in [4.78, 5) is 39.6. The molecule has 0 amide bonds. The molecule has 1 aliphatic heterocycles. The maximum atomic E-state index is 16.2. The molecule has 138 valence electrons. The molecule has 10 nitrogen and oxygen atoms in total. The lowest BCUT2D eigenvalue weighted by Crippen LogP contribution is -2.81. The molecule has 0 unspecified atom stereocenters. The number of rotatable bonds is 4. The molecule has 1 fully saturated rings. The molecule has 2 heterocycles. The number of carbonyl (C=O) groups excluding carboxylic acids is 2. The number of hydrogen-bond acceptors (Lipinski definition) is 9. The van der Waals surface area contributed by atoms with Gasteiger partial charge in [-0.1, -0.05) is 0 Å². The molecule has 0 saturated carbocycles. The van der Waals surface area contributed by atoms with E-state index in [1.54, 1.807) is 0 Å². The third-order valence-corrected chi connectivity index (χ3v) is 4.34. The fraction of sp³-hybridized carbons (Fsp3) is 0.571. The summed E-state index contributed by atoms with van der Waals surface area (Å²) in [5, 5.41) is 21.5. The van der Waals surface area contributed by atoms with Gasteiger partial charge in [-0.3, -0.25) is 14.2 Å². The first-order valence-electron chi connectivity index (χ1n) is 7.12. The van der Waals surface area contributed by atoms with Gasteiger partial charge in [0, 0.05) is 13.3 Å². The number of halogens is 1. The Labute approximate surface area is 141 Å². The molecular formula is C14H18FN3O7. The molecule has 4 atom stereocenters. The van der Waals surface area contributed by atoms with Crippen molar-refractivity contribution in [2.75, 3.05) is 19.5 Å². The minimum atomic E-state index is -3.51. The van der Waals surface area contributed by atoms with E-state index in [2.05, 4.69) is 4.98 Å². The van der Waals surface area contributed by atoms with E-state index < -0.39 is 47.1 Å². The largest absolute Gasteiger partial charge is 0.383 e. The van der Waals surface area contributed by atoms with Crippen LogP contribution >= 0.6 is 0 Å². The fourth-order valence-electron chi connectivity index (χ4n) is 2.94. The number of methoxy groups -OCH3 is 1. The highest BCUT2D eigenvalue weighted by molar-refractivity contribution is 5.98. The SMILES string of the molecule is CO[C@@H]1OC[C@](O)(C(C)=O)[C@@](O)(C(C)=O)[C@]1(F)n1ccc(N)nc1=O. The summed E-state index contributed by atoms with van der Waals surface area (Å²) < 4.78 is 26.2. The molecule has 11 heteroatoms. The molecule has 0 bridgehead atoms. The molecule has 0 aromatic carbocycles. The Morgan fingerprint density at radius 1 is 1.44 bits per heavy atom. The van der Waals surface area contributed by atoms with Crippen LogP contribution in [-0.2, 0) is 24.9 Å². The van der Waals surface area contributed by atoms with Crippen LogP contribution in [0.2, 0.25) is 0 Å². The van der Waals surface area contributed by atoms with Gasteiger partial charge in [0.15, 0.2) is 17.2 Å². The van der Waals surface area contributed by atoms with Crippen molar-refractivity contribution < 1.29 is 33.7 Å². The second-order valence-electron chi connectivity index (χ2n) is 5.74. The van der Waals surface area contributed by atoms with Crippen LogP contribution in [0.3, 0.4) is 0 Å². The predicted molar refractivity (Wildman–Crippen MR) is 80.0 cm³/mol. The number of nitrogen functional groups attached to an aromatic ring is 1. The van der Waals surface area contributed by atoms with Gasteiger partial charge in [0.1, 0.15) is 5.82 Å². The normalized spacial score (nSPS) is 35.4. The zero-order chi connectivity index (χ0) is 19.2. The van der Waals surface area contributed by atoms with E-state index in [9.17, 15) is 24.6 Å². The lowest BCUT2D eigenvalue weighted by molar-refractivity contribution is -0.360. The van der Waals surface area contributed by atoms with Crippen LogP contribution in [0.15, 0.2) is 17.1 Å². The molecule has 0 aliphatic carbocycles. The van der Waals surface area contributed by atoms with E-state index in [1.165, 1.54) is 0 Å². The zero-order valence-corrected chi connectivity index (χ0v) is 13.7. The Morgan fingerprint density at radius 3 is 2.48 bits per heavy atom. The van der Waals surface area contributed by atoms with Gasteiger partial charge in [0.25, 0.3) is 5.79 Å². The molecule has 1 aromatic rings. The van der Waals surface area contributed by atoms with Crippen LogP contribution in [0.5, 0.6) is 0 Å². The first-order chi connectivity index (χ1) is 11.5. The van der Waals surface area contributed by atoms with Gasteiger partial charge in [-0.2, -0.15) is 4.98 Å². The smallest absolute Gasteiger partial charge is 0.352 e. The summed E-state index contributed by atoms with van der Waals surface area (Å²) >= 11 is 0. The van der Waals surface area contributed by atoms with Crippen LogP contribution in [0, 0.1) is 0 Å². The summed E-state index contributed by atoms with van der Waals surface area (Å²) in [6, 6.07) is 1.03. The van der Waals surface area contributed by atoms with Crippen molar-refractivity contribution >= 4 is 17.4 Å². The number of anilines is 1. The number of Topliss-reactive ketones (excluding diaryl/α,β-unsaturated/α-hetero) is 2. The van der Waals surface area contributed by atoms with Crippen LogP contribution < -0.4 is 11.4 Å². The van der Waals surface area contributed by atoms with E-state index in [-0.39, 0.29) is 10.4 Å². The highest BCUT2D eigenvalue weighted by Crippen LogP contribution is 2.48. The van der Waals surface area contributed by atoms with Crippen molar-refractivity contribution in [3.63, 3.8) is 0 Å². The number of nitrogens with zero attached hydrogens (tertiary/aromatic N) is 2. The van der Waals surface area contributed by atoms with Gasteiger partial charge >= 0.3 is 5.69 Å². The average molecular weight is 359 g/mol. The van der Waals surface area contributed by atoms with Crippen LogP contribution in [0.4, 0.5) is 10.2 Å². The standard InChI is InChI=1S/C14H18FN3O7/c1-7(19)12(22)6-25-10(24-3)14(15,13(12,23)8(2)20)18-5-4-9(16)17-11(18)21/h4-5,10,22-23H,6H2,1-3H3,(H2,16,17,21)/t10-,12+,13+,14-/m1/s1. The van der Waals surface area contributed by atoms with Gasteiger partial charge in [0.2, 0.25) is 11.9 Å². The number of aliphatic hydroxyl groups is 2. The first-order valence-corrected chi connectivity index (χ1v) is 7.12. The molecule has 0 spiro atoms. The summed E-state index contributed by atoms with van der Waals surface area (Å²) in [7, 11) is 0.994. The summed E-state index contributed by atoms with van der Waals surface area (Å²) in [6.45, 7) is 0.671. The second kappa shape index (κ2) is 5.95. The number of carbonyl (C=O) groups is 2. The summed E-state index contributed by atoms with van der Waals surface area (Å²) in [6.07, 6.45) is -1.20. The summed E-state index contributed by atoms with van der Waals surface area (Å²) in [5.41, 5.74) is -2.30. The van der Waals surface area contributed by atoms with E-state index in [0.717, 1.165) is 33.2 Å². The molecule has 1 saturated heterocycles. The third kappa shape index (κ3) is 2.31. The first kappa shape index (κ1) is 19.1. The zero-order valence-electron chi connectivity index (χ0n) is 13.7. The number of ketones is 2. The maximum Gasteiger partial charge on any atom is 0.352 e. The molecule has 2 rings (SSSR count). The molecule has 1 aromatic heterocycles. The van der Waals surface area contributed by atoms with Crippen LogP contribution in [0.1, 0.15) is 13.8 Å². The molecule has 0 radical (unpaired) electrons. The van der Waals surface area contributed by atoms with Crippen LogP contribution in [0.25, 0.3) is 0 Å². The quantitative estimate of drug-likeness (QED) is 0.558. The van der Waals surface area contributed by atoms with Crippen molar-refractivity contribution in [3.8, 4) is 0 Å². The molecule has 4 N–H and O–H groups in total. The van der Waals surface area contributed by atoms with Crippen LogP contribution in [-0.4, -0.2) is 62.5 Å². The van der Waals surface area contributed by atoms with Gasteiger partial charge in [-0.25, -0.2) is 9.18 Å². The minimum Gasteiger partial charge on any atom is -0.383 e. The van der Waals surface area contributed by atoms with Gasteiger partial charge in [-0.05, 0) is 19.9 Å². The van der Waals surface area contributed by atoms with Crippen molar-refractivity contribution in [3.05, 3.63) is 22.7 Å². The second-order valence-corrected chi connectivity index (χ2v) is 5.74. The third-order valence-electron chi connectivity index (χ3n) is 4.34. The van der Waals surface area contributed by atoms with Crippen molar-refractivity contribution in [2.45, 2.75) is 37.1 Å². The van der Waals surface area contributed by atoms with Gasteiger partial charge in [0.05, 0.1) is 6.61 Å². The number of nitrogens with two attached hydrogens (primary N) is 1. The number of aromatic nitrogens is 2. The van der Waals surface area contributed by atoms with E-state index in [0.29, 0.717) is 0 Å². The Balaban J connectivity index is 2.90. The Bertz CT molecular complexity index is 784. The van der Waals surface area contributed by atoms with Gasteiger partial charge in [-0.15, -0.1) is 0 Å². The summed E-state index contributed by atoms with van der Waals surface area (Å²) in [5.74, 6) is -6.21. The lowest BCUT2D eigenvalue weighted by atomic mass is 9.69. The monoisotopic (exact) mass is 359 g/mol. The highest BCUT2D eigenvalue weighted by atomic mass is 19.1. The van der Waals surface area contributed by atoms with Gasteiger partial charge < -0.3 is 25.4 Å². The lowest BCUT2D eigenvalue weighted by Gasteiger charge is -2.53.